The number of carbonyl (C=O) groups is 2. The first-order valence-electron chi connectivity index (χ1n) is 7.92. The highest BCUT2D eigenvalue weighted by Crippen LogP contribution is 2.18. The number of halogens is 1. The van der Waals surface area contributed by atoms with Gasteiger partial charge in [-0.3, -0.25) is 9.59 Å². The number of hydrogen-bond acceptors (Lipinski definition) is 3. The molecule has 1 heterocycles. The van der Waals surface area contributed by atoms with Crippen molar-refractivity contribution in [2.45, 2.75) is 58.4 Å². The van der Waals surface area contributed by atoms with Crippen LogP contribution in [0.4, 0.5) is 0 Å². The zero-order valence-electron chi connectivity index (χ0n) is 13.3. The highest BCUT2D eigenvalue weighted by molar-refractivity contribution is 5.85. The number of piperidine rings is 1. The van der Waals surface area contributed by atoms with E-state index in [1.165, 1.54) is 0 Å². The van der Waals surface area contributed by atoms with Crippen LogP contribution in [0.5, 0.6) is 0 Å². The Labute approximate surface area is 134 Å². The van der Waals surface area contributed by atoms with Crippen LogP contribution in [0.1, 0.15) is 52.4 Å². The average molecular weight is 320 g/mol. The van der Waals surface area contributed by atoms with Crippen molar-refractivity contribution in [3.05, 3.63) is 0 Å². The van der Waals surface area contributed by atoms with Crippen molar-refractivity contribution in [1.29, 1.82) is 0 Å². The minimum Gasteiger partial charge on any atom is -0.356 e. The first-order chi connectivity index (χ1) is 9.60. The Hall–Kier alpha value is -0.810. The lowest BCUT2D eigenvalue weighted by Crippen LogP contribution is -2.50. The summed E-state index contributed by atoms with van der Waals surface area (Å²) in [5.41, 5.74) is 5.89. The quantitative estimate of drug-likeness (QED) is 0.701. The van der Waals surface area contributed by atoms with Gasteiger partial charge >= 0.3 is 0 Å². The molecular weight excluding hydrogens is 290 g/mol. The summed E-state index contributed by atoms with van der Waals surface area (Å²) in [6, 6.07) is -0.415. The number of rotatable bonds is 7. The van der Waals surface area contributed by atoms with Crippen molar-refractivity contribution in [1.82, 2.24) is 10.2 Å². The third-order valence-corrected chi connectivity index (χ3v) is 3.85. The summed E-state index contributed by atoms with van der Waals surface area (Å²) in [7, 11) is 0. The number of hydrogen-bond donors (Lipinski definition) is 2. The van der Waals surface area contributed by atoms with E-state index in [1.807, 2.05) is 6.92 Å². The van der Waals surface area contributed by atoms with Crippen LogP contribution >= 0.6 is 12.4 Å². The van der Waals surface area contributed by atoms with Crippen molar-refractivity contribution in [2.75, 3.05) is 19.6 Å². The van der Waals surface area contributed by atoms with Crippen molar-refractivity contribution >= 4 is 24.2 Å². The Kier molecular flexibility index (Phi) is 10.4. The lowest BCUT2D eigenvalue weighted by atomic mass is 9.96. The Bertz CT molecular complexity index is 326. The molecule has 0 saturated carbocycles. The molecule has 1 rings (SSSR count). The minimum atomic E-state index is -0.415. The minimum absolute atomic E-state index is 0. The third kappa shape index (κ3) is 6.66. The van der Waals surface area contributed by atoms with E-state index in [4.69, 9.17) is 5.73 Å². The molecule has 124 valence electrons. The molecule has 1 saturated heterocycles. The average Bonchev–Trinajstić information content (AvgIpc) is 2.47. The van der Waals surface area contributed by atoms with Gasteiger partial charge in [-0.05, 0) is 25.7 Å². The van der Waals surface area contributed by atoms with Crippen LogP contribution in [-0.2, 0) is 9.59 Å². The summed E-state index contributed by atoms with van der Waals surface area (Å²) in [6.45, 7) is 6.11. The molecule has 1 fully saturated rings. The molecule has 2 unspecified atom stereocenters. The molecular formula is C15H30ClN3O2. The fourth-order valence-corrected chi connectivity index (χ4v) is 2.59. The molecule has 0 aromatic rings. The van der Waals surface area contributed by atoms with Gasteiger partial charge in [0.15, 0.2) is 0 Å². The molecule has 0 aromatic heterocycles. The summed E-state index contributed by atoms with van der Waals surface area (Å²) < 4.78 is 0. The molecule has 0 bridgehead atoms. The molecule has 0 aliphatic carbocycles. The second kappa shape index (κ2) is 10.9. The Morgan fingerprint density at radius 2 is 2.05 bits per heavy atom. The van der Waals surface area contributed by atoms with E-state index in [2.05, 4.69) is 12.2 Å². The smallest absolute Gasteiger partial charge is 0.239 e. The van der Waals surface area contributed by atoms with Gasteiger partial charge in [-0.15, -0.1) is 12.4 Å². The number of amides is 2. The van der Waals surface area contributed by atoms with Gasteiger partial charge in [0, 0.05) is 19.6 Å². The second-order valence-electron chi connectivity index (χ2n) is 5.66. The molecule has 0 spiro atoms. The Morgan fingerprint density at radius 3 is 2.67 bits per heavy atom. The zero-order valence-corrected chi connectivity index (χ0v) is 14.1. The van der Waals surface area contributed by atoms with Gasteiger partial charge in [0.05, 0.1) is 12.0 Å². The molecule has 2 atom stereocenters. The van der Waals surface area contributed by atoms with Gasteiger partial charge in [0.2, 0.25) is 11.8 Å². The SMILES string of the molecule is CCCCNC(=O)C1CCCN(C(=O)C(N)CCC)C1.Cl. The van der Waals surface area contributed by atoms with Gasteiger partial charge in [-0.25, -0.2) is 0 Å². The van der Waals surface area contributed by atoms with Crippen LogP contribution in [0.2, 0.25) is 0 Å². The second-order valence-corrected chi connectivity index (χ2v) is 5.66. The van der Waals surface area contributed by atoms with Gasteiger partial charge < -0.3 is 16.0 Å². The van der Waals surface area contributed by atoms with E-state index < -0.39 is 6.04 Å². The molecule has 6 heteroatoms. The molecule has 5 nitrogen and oxygen atoms in total. The summed E-state index contributed by atoms with van der Waals surface area (Å²) in [5, 5.41) is 2.96. The first kappa shape index (κ1) is 20.2. The number of nitrogens with zero attached hydrogens (tertiary/aromatic N) is 1. The summed E-state index contributed by atoms with van der Waals surface area (Å²) in [5.74, 6) is 0.0105. The monoisotopic (exact) mass is 319 g/mol. The summed E-state index contributed by atoms with van der Waals surface area (Å²) in [4.78, 5) is 26.0. The van der Waals surface area contributed by atoms with Gasteiger partial charge in [0.25, 0.3) is 0 Å². The summed E-state index contributed by atoms with van der Waals surface area (Å²) in [6.07, 6.45) is 5.44. The number of nitrogens with two attached hydrogens (primary N) is 1. The van der Waals surface area contributed by atoms with Crippen LogP contribution in [-0.4, -0.2) is 42.4 Å². The molecule has 2 amide bonds. The van der Waals surface area contributed by atoms with Crippen molar-refractivity contribution in [3.8, 4) is 0 Å². The number of likely N-dealkylation sites (tertiary alicyclic amines) is 1. The molecule has 1 aliphatic heterocycles. The first-order valence-corrected chi connectivity index (χ1v) is 7.92. The van der Waals surface area contributed by atoms with E-state index in [-0.39, 0.29) is 30.1 Å². The van der Waals surface area contributed by atoms with Gasteiger partial charge in [0.1, 0.15) is 0 Å². The summed E-state index contributed by atoms with van der Waals surface area (Å²) >= 11 is 0. The molecule has 21 heavy (non-hydrogen) atoms. The van der Waals surface area contributed by atoms with E-state index in [9.17, 15) is 9.59 Å². The number of carbonyl (C=O) groups excluding carboxylic acids is 2. The Morgan fingerprint density at radius 1 is 1.33 bits per heavy atom. The van der Waals surface area contributed by atoms with Gasteiger partial charge in [-0.1, -0.05) is 26.7 Å². The van der Waals surface area contributed by atoms with E-state index in [1.54, 1.807) is 4.90 Å². The lowest BCUT2D eigenvalue weighted by molar-refractivity contribution is -0.137. The topological polar surface area (TPSA) is 75.4 Å². The standard InChI is InChI=1S/C15H29N3O2.ClH/c1-3-5-9-17-14(19)12-8-6-10-18(11-12)15(20)13(16)7-4-2;/h12-13H,3-11,16H2,1-2H3,(H,17,19);1H. The zero-order chi connectivity index (χ0) is 15.0. The maximum atomic E-state index is 12.2. The maximum absolute atomic E-state index is 12.2. The van der Waals surface area contributed by atoms with Crippen LogP contribution in [0.3, 0.4) is 0 Å². The van der Waals surface area contributed by atoms with E-state index in [0.717, 1.165) is 45.2 Å². The predicted molar refractivity (Wildman–Crippen MR) is 87.4 cm³/mol. The fraction of sp³-hybridized carbons (Fsp3) is 0.867. The van der Waals surface area contributed by atoms with E-state index in [0.29, 0.717) is 13.0 Å². The number of unbranched alkanes of at least 4 members (excludes halogenated alkanes) is 1. The van der Waals surface area contributed by atoms with E-state index >= 15 is 0 Å². The lowest BCUT2D eigenvalue weighted by Gasteiger charge is -2.33. The molecule has 0 radical (unpaired) electrons. The van der Waals surface area contributed by atoms with Crippen molar-refractivity contribution < 1.29 is 9.59 Å². The highest BCUT2D eigenvalue weighted by Gasteiger charge is 2.30. The number of nitrogens with one attached hydrogen (secondary N) is 1. The third-order valence-electron chi connectivity index (χ3n) is 3.85. The molecule has 1 aliphatic rings. The van der Waals surface area contributed by atoms with Crippen LogP contribution < -0.4 is 11.1 Å². The van der Waals surface area contributed by atoms with Crippen LogP contribution in [0, 0.1) is 5.92 Å². The predicted octanol–water partition coefficient (Wildman–Crippen LogP) is 1.69. The van der Waals surface area contributed by atoms with Crippen molar-refractivity contribution in [2.24, 2.45) is 11.7 Å². The molecule has 3 N–H and O–H groups in total. The maximum Gasteiger partial charge on any atom is 0.239 e. The van der Waals surface area contributed by atoms with Crippen LogP contribution in [0.15, 0.2) is 0 Å². The fourth-order valence-electron chi connectivity index (χ4n) is 2.59. The highest BCUT2D eigenvalue weighted by atomic mass is 35.5. The largest absolute Gasteiger partial charge is 0.356 e. The van der Waals surface area contributed by atoms with Gasteiger partial charge in [-0.2, -0.15) is 0 Å². The normalized spacial score (nSPS) is 19.6. The Balaban J connectivity index is 0.00000400. The van der Waals surface area contributed by atoms with Crippen molar-refractivity contribution in [3.63, 3.8) is 0 Å². The van der Waals surface area contributed by atoms with Crippen LogP contribution in [0.25, 0.3) is 0 Å². The molecule has 0 aromatic carbocycles.